The number of para-hydroxylation sites is 7. The molecule has 25 rings (SSSR count). The highest BCUT2D eigenvalue weighted by Gasteiger charge is 2.24. The standard InChI is InChI=1S/C66H44N2O.C60H40N2O/c1-4-15-45(16-5-1)47-27-34-54(35-28-47)67(55-36-29-48(30-37-55)46-17-6-2-7-18-46)56-22-14-19-51(41-56)57-38-31-49(42-60(57)52-33-40-66-62(44-52)59-24-11-13-26-65(59)69-66)50-32-39-64-61(43-50)58-23-10-12-25-63(58)68(64)53-20-8-3-9-21-53;1-4-16-41(17-5-1)42-18-14-24-49(36-42)61(47-20-6-2-7-21-47)50-25-15-19-45(37-50)51-33-30-43(38-54(51)46-32-35-60-56(40-46)53-27-11-13-29-59(53)63-60)44-31-34-58-55(39-44)52-26-10-12-28-57(52)62(58)48-22-8-3-9-23-48/h1-44H;1-40H. The normalized spacial score (nSPS) is 11.5. The van der Waals surface area contributed by atoms with Crippen LogP contribution in [0.1, 0.15) is 0 Å². The van der Waals surface area contributed by atoms with Crippen LogP contribution in [0.3, 0.4) is 0 Å². The van der Waals surface area contributed by atoms with Crippen LogP contribution in [0.15, 0.2) is 518 Å². The Morgan fingerprint density at radius 2 is 0.394 bits per heavy atom. The highest BCUT2D eigenvalue weighted by Crippen LogP contribution is 2.48. The van der Waals surface area contributed by atoms with Crippen molar-refractivity contribution in [1.29, 1.82) is 0 Å². The molecule has 620 valence electrons. The second-order valence-corrected chi connectivity index (χ2v) is 33.8. The summed E-state index contributed by atoms with van der Waals surface area (Å²) in [5.41, 5.74) is 38.0. The summed E-state index contributed by atoms with van der Waals surface area (Å²) >= 11 is 0. The smallest absolute Gasteiger partial charge is 0.135 e. The first-order valence-electron chi connectivity index (χ1n) is 45.1. The van der Waals surface area contributed by atoms with Crippen LogP contribution < -0.4 is 9.80 Å². The minimum Gasteiger partial charge on any atom is -0.456 e. The summed E-state index contributed by atoms with van der Waals surface area (Å²) < 4.78 is 17.4. The minimum absolute atomic E-state index is 0.882. The van der Waals surface area contributed by atoms with Gasteiger partial charge in [-0.1, -0.05) is 328 Å². The molecular formula is C126H84N4O2. The molecule has 132 heavy (non-hydrogen) atoms. The van der Waals surface area contributed by atoms with E-state index >= 15 is 0 Å². The first kappa shape index (κ1) is 77.9. The zero-order valence-electron chi connectivity index (χ0n) is 72.1. The fourth-order valence-corrected chi connectivity index (χ4v) is 19.7. The third-order valence-electron chi connectivity index (χ3n) is 26.0. The summed E-state index contributed by atoms with van der Waals surface area (Å²) in [6.07, 6.45) is 0. The third-order valence-corrected chi connectivity index (χ3v) is 26.0. The maximum atomic E-state index is 6.34. The lowest BCUT2D eigenvalue weighted by atomic mass is 9.90. The maximum Gasteiger partial charge on any atom is 0.135 e. The van der Waals surface area contributed by atoms with E-state index in [4.69, 9.17) is 8.83 Å². The molecule has 0 radical (unpaired) electrons. The van der Waals surface area contributed by atoms with Crippen LogP contribution in [-0.2, 0) is 0 Å². The number of aromatic nitrogens is 2. The van der Waals surface area contributed by atoms with Gasteiger partial charge in [0.15, 0.2) is 0 Å². The molecule has 4 heterocycles. The predicted octanol–water partition coefficient (Wildman–Crippen LogP) is 35.3. The maximum absolute atomic E-state index is 6.34. The molecule has 0 amide bonds. The van der Waals surface area contributed by atoms with Crippen LogP contribution in [0, 0.1) is 0 Å². The van der Waals surface area contributed by atoms with Gasteiger partial charge in [0.05, 0.1) is 22.1 Å². The lowest BCUT2D eigenvalue weighted by molar-refractivity contribution is 0.668. The fraction of sp³-hybridized carbons (Fsp3) is 0. The second kappa shape index (κ2) is 33.6. The van der Waals surface area contributed by atoms with Crippen molar-refractivity contribution in [3.63, 3.8) is 0 Å². The molecule has 21 aromatic carbocycles. The molecule has 0 saturated carbocycles. The van der Waals surface area contributed by atoms with E-state index in [2.05, 4.69) is 504 Å². The van der Waals surface area contributed by atoms with Crippen molar-refractivity contribution in [1.82, 2.24) is 9.13 Å². The molecule has 0 unspecified atom stereocenters. The van der Waals surface area contributed by atoms with Gasteiger partial charge in [0, 0.05) is 88.6 Å². The molecule has 0 aliphatic carbocycles. The van der Waals surface area contributed by atoms with Crippen LogP contribution >= 0.6 is 0 Å². The molecule has 0 saturated heterocycles. The Kier molecular flexibility index (Phi) is 19.9. The number of hydrogen-bond donors (Lipinski definition) is 0. The monoisotopic (exact) mass is 1680 g/mol. The first-order valence-corrected chi connectivity index (χ1v) is 45.1. The van der Waals surface area contributed by atoms with Gasteiger partial charge >= 0.3 is 0 Å². The molecule has 4 aromatic heterocycles. The number of rotatable bonds is 17. The quantitative estimate of drug-likeness (QED) is 0.0911. The van der Waals surface area contributed by atoms with Gasteiger partial charge in [-0.2, -0.15) is 0 Å². The minimum atomic E-state index is 0.882. The van der Waals surface area contributed by atoms with E-state index in [0.717, 1.165) is 145 Å². The van der Waals surface area contributed by atoms with E-state index < -0.39 is 0 Å². The van der Waals surface area contributed by atoms with Gasteiger partial charge in [-0.3, -0.25) is 0 Å². The summed E-state index contributed by atoms with van der Waals surface area (Å²) in [5, 5.41) is 9.37. The molecule has 0 aliphatic heterocycles. The molecule has 0 aliphatic rings. The SMILES string of the molecule is c1ccc(-c2ccc(N(c3ccc(-c4ccccc4)cc3)c3cccc(-c4ccc(-c5ccc6c(c5)c5ccccc5n6-c5ccccc5)cc4-c4ccc5oc6ccccc6c5c4)c3)cc2)cc1.c1ccc(-c2cccc(N(c3ccccc3)c3cccc(-c4ccc(-c5ccc6c(c5)c5ccccc5n6-c5ccccc5)cc4-c4ccc5oc6ccccc6c5c4)c3)c2)cc1. The van der Waals surface area contributed by atoms with Gasteiger partial charge in [0.1, 0.15) is 22.3 Å². The van der Waals surface area contributed by atoms with Crippen LogP contribution in [0.5, 0.6) is 0 Å². The van der Waals surface area contributed by atoms with Gasteiger partial charge in [0.25, 0.3) is 0 Å². The van der Waals surface area contributed by atoms with Gasteiger partial charge < -0.3 is 27.8 Å². The van der Waals surface area contributed by atoms with E-state index in [1.165, 1.54) is 88.1 Å². The van der Waals surface area contributed by atoms with E-state index in [1.807, 2.05) is 24.3 Å². The Balaban J connectivity index is 0.000000146. The molecule has 0 bridgehead atoms. The van der Waals surface area contributed by atoms with E-state index in [-0.39, 0.29) is 0 Å². The van der Waals surface area contributed by atoms with Crippen molar-refractivity contribution in [3.05, 3.63) is 510 Å². The number of benzene rings is 21. The van der Waals surface area contributed by atoms with Crippen LogP contribution in [0.4, 0.5) is 34.1 Å². The molecule has 0 fully saturated rings. The number of anilines is 6. The summed E-state index contributed by atoms with van der Waals surface area (Å²) in [6, 6.07) is 183. The molecule has 6 nitrogen and oxygen atoms in total. The van der Waals surface area contributed by atoms with Crippen LogP contribution in [0.25, 0.3) is 199 Å². The largest absolute Gasteiger partial charge is 0.456 e. The van der Waals surface area contributed by atoms with Crippen molar-refractivity contribution >= 4 is 122 Å². The van der Waals surface area contributed by atoms with E-state index in [0.29, 0.717) is 0 Å². The number of furan rings is 2. The highest BCUT2D eigenvalue weighted by molar-refractivity contribution is 6.14. The Labute approximate surface area is 765 Å². The first-order chi connectivity index (χ1) is 65.4. The lowest BCUT2D eigenvalue weighted by Crippen LogP contribution is -2.10. The van der Waals surface area contributed by atoms with Crippen molar-refractivity contribution in [2.75, 3.05) is 9.80 Å². The van der Waals surface area contributed by atoms with Gasteiger partial charge in [0.2, 0.25) is 0 Å². The predicted molar refractivity (Wildman–Crippen MR) is 554 cm³/mol. The van der Waals surface area contributed by atoms with Crippen molar-refractivity contribution in [3.8, 4) is 112 Å². The fourth-order valence-electron chi connectivity index (χ4n) is 19.7. The molecule has 0 spiro atoms. The Morgan fingerprint density at radius 3 is 0.826 bits per heavy atom. The molecule has 25 aromatic rings. The van der Waals surface area contributed by atoms with Gasteiger partial charge in [-0.05, 0) is 282 Å². The molecule has 0 N–H and O–H groups in total. The topological polar surface area (TPSA) is 42.6 Å². The Hall–Kier alpha value is -17.6. The average Bonchev–Trinajstić information content (AvgIpc) is 1.59. The summed E-state index contributed by atoms with van der Waals surface area (Å²) in [7, 11) is 0. The van der Waals surface area contributed by atoms with Crippen molar-refractivity contribution < 1.29 is 8.83 Å². The van der Waals surface area contributed by atoms with Crippen LogP contribution in [-0.4, -0.2) is 9.13 Å². The van der Waals surface area contributed by atoms with Crippen molar-refractivity contribution in [2.45, 2.75) is 0 Å². The van der Waals surface area contributed by atoms with E-state index in [1.54, 1.807) is 0 Å². The van der Waals surface area contributed by atoms with Gasteiger partial charge in [-0.25, -0.2) is 0 Å². The van der Waals surface area contributed by atoms with E-state index in [9.17, 15) is 0 Å². The zero-order chi connectivity index (χ0) is 87.4. The zero-order valence-corrected chi connectivity index (χ0v) is 72.1. The Bertz CT molecular complexity index is 8530. The molecule has 6 heteroatoms. The van der Waals surface area contributed by atoms with Crippen LogP contribution in [0.2, 0.25) is 0 Å². The summed E-state index contributed by atoms with van der Waals surface area (Å²) in [6.45, 7) is 0. The lowest BCUT2D eigenvalue weighted by Gasteiger charge is -2.27. The second-order valence-electron chi connectivity index (χ2n) is 33.8. The van der Waals surface area contributed by atoms with Crippen molar-refractivity contribution in [2.24, 2.45) is 0 Å². The third kappa shape index (κ3) is 14.5. The van der Waals surface area contributed by atoms with Gasteiger partial charge in [-0.15, -0.1) is 0 Å². The number of hydrogen-bond acceptors (Lipinski definition) is 4. The number of nitrogens with zero attached hydrogens (tertiary/aromatic N) is 4. The summed E-state index contributed by atoms with van der Waals surface area (Å²) in [4.78, 5) is 4.72. The molecular weight excluding hydrogens is 1600 g/mol. The Morgan fingerprint density at radius 1 is 0.136 bits per heavy atom. The molecule has 0 atom stereocenters. The average molecular weight is 1690 g/mol. The summed E-state index contributed by atoms with van der Waals surface area (Å²) in [5.74, 6) is 0. The number of fused-ring (bicyclic) bond motifs is 12. The highest BCUT2D eigenvalue weighted by atomic mass is 16.3.